The van der Waals surface area contributed by atoms with Crippen LogP contribution in [-0.4, -0.2) is 42.6 Å². The molecule has 1 aromatic rings. The quantitative estimate of drug-likeness (QED) is 0.538. The highest BCUT2D eigenvalue weighted by Crippen LogP contribution is 2.23. The molecule has 0 aliphatic carbocycles. The number of esters is 1. The lowest BCUT2D eigenvalue weighted by atomic mass is 10.2. The molecule has 110 valence electrons. The second-order valence-electron chi connectivity index (χ2n) is 3.87. The molecule has 1 atom stereocenters. The van der Waals surface area contributed by atoms with Gasteiger partial charge in [-0.25, -0.2) is 4.79 Å². The van der Waals surface area contributed by atoms with Crippen molar-refractivity contribution in [1.82, 2.24) is 5.32 Å². The Morgan fingerprint density at radius 2 is 2.10 bits per heavy atom. The van der Waals surface area contributed by atoms with Crippen molar-refractivity contribution in [1.29, 1.82) is 0 Å². The molecular formula is C12H16N2O5S. The number of anilines is 1. The second kappa shape index (κ2) is 7.61. The van der Waals surface area contributed by atoms with Gasteiger partial charge in [-0.05, 0) is 17.9 Å². The Morgan fingerprint density at radius 3 is 2.65 bits per heavy atom. The molecule has 0 aliphatic heterocycles. The van der Waals surface area contributed by atoms with Crippen LogP contribution in [0.25, 0.3) is 0 Å². The number of ether oxygens (including phenoxy) is 1. The molecule has 0 saturated carbocycles. The van der Waals surface area contributed by atoms with Crippen LogP contribution in [0.3, 0.4) is 0 Å². The smallest absolute Gasteiger partial charge is 0.340 e. The van der Waals surface area contributed by atoms with Crippen molar-refractivity contribution < 1.29 is 24.2 Å². The zero-order valence-corrected chi connectivity index (χ0v) is 12.0. The van der Waals surface area contributed by atoms with E-state index in [2.05, 4.69) is 15.4 Å². The Balaban J connectivity index is 2.69. The predicted molar refractivity (Wildman–Crippen MR) is 73.6 cm³/mol. The molecule has 1 rings (SSSR count). The summed E-state index contributed by atoms with van der Waals surface area (Å²) >= 11 is 1.11. The zero-order valence-electron chi connectivity index (χ0n) is 11.1. The predicted octanol–water partition coefficient (Wildman–Crippen LogP) is 0.360. The van der Waals surface area contributed by atoms with E-state index in [1.54, 1.807) is 12.3 Å². The number of nitrogens with one attached hydrogen (secondary N) is 2. The van der Waals surface area contributed by atoms with Crippen LogP contribution >= 0.6 is 11.3 Å². The summed E-state index contributed by atoms with van der Waals surface area (Å²) in [7, 11) is 1.23. The average molecular weight is 300 g/mol. The van der Waals surface area contributed by atoms with Gasteiger partial charge in [-0.15, -0.1) is 11.3 Å². The van der Waals surface area contributed by atoms with Crippen molar-refractivity contribution in [2.45, 2.75) is 19.4 Å². The minimum absolute atomic E-state index is 0.188. The number of aliphatic hydroxyl groups is 1. The van der Waals surface area contributed by atoms with Gasteiger partial charge in [0, 0.05) is 0 Å². The lowest BCUT2D eigenvalue weighted by molar-refractivity contribution is -0.136. The highest BCUT2D eigenvalue weighted by Gasteiger charge is 2.21. The van der Waals surface area contributed by atoms with Crippen LogP contribution in [0.2, 0.25) is 0 Å². The van der Waals surface area contributed by atoms with E-state index in [4.69, 9.17) is 5.11 Å². The third kappa shape index (κ3) is 4.04. The number of rotatable bonds is 5. The molecule has 0 radical (unpaired) electrons. The Kier molecular flexibility index (Phi) is 6.13. The normalized spacial score (nSPS) is 11.6. The number of hydrogen-bond donors (Lipinski definition) is 3. The third-order valence-electron chi connectivity index (χ3n) is 2.55. The van der Waals surface area contributed by atoms with Crippen LogP contribution in [0.4, 0.5) is 5.00 Å². The van der Waals surface area contributed by atoms with Gasteiger partial charge >= 0.3 is 17.8 Å². The maximum Gasteiger partial charge on any atom is 0.340 e. The average Bonchev–Trinajstić information content (AvgIpc) is 2.91. The van der Waals surface area contributed by atoms with E-state index in [1.165, 1.54) is 13.2 Å². The summed E-state index contributed by atoms with van der Waals surface area (Å²) in [5.74, 6) is -2.36. The minimum atomic E-state index is -0.899. The van der Waals surface area contributed by atoms with E-state index in [-0.39, 0.29) is 17.2 Å². The Hall–Kier alpha value is -1.93. The molecule has 0 bridgehead atoms. The van der Waals surface area contributed by atoms with Crippen molar-refractivity contribution in [3.05, 3.63) is 17.0 Å². The Morgan fingerprint density at radius 1 is 1.40 bits per heavy atom. The molecule has 8 heteroatoms. The van der Waals surface area contributed by atoms with Crippen molar-refractivity contribution in [3.8, 4) is 0 Å². The Labute approximate surface area is 119 Å². The van der Waals surface area contributed by atoms with Crippen molar-refractivity contribution in [2.75, 3.05) is 19.0 Å². The summed E-state index contributed by atoms with van der Waals surface area (Å²) in [5.41, 5.74) is 0.188. The molecule has 0 aliphatic rings. The lowest BCUT2D eigenvalue weighted by Crippen LogP contribution is -2.43. The molecule has 20 heavy (non-hydrogen) atoms. The number of aliphatic hydroxyl groups excluding tert-OH is 1. The van der Waals surface area contributed by atoms with Gasteiger partial charge < -0.3 is 20.5 Å². The van der Waals surface area contributed by atoms with Gasteiger partial charge in [0.25, 0.3) is 0 Å². The number of thiophene rings is 1. The molecule has 0 unspecified atom stereocenters. The molecular weight excluding hydrogens is 284 g/mol. The first-order valence-electron chi connectivity index (χ1n) is 5.92. The van der Waals surface area contributed by atoms with Crippen LogP contribution < -0.4 is 10.6 Å². The number of carbonyl (C=O) groups excluding carboxylic acids is 3. The monoisotopic (exact) mass is 300 g/mol. The molecule has 2 amide bonds. The largest absolute Gasteiger partial charge is 0.465 e. The molecule has 0 aromatic carbocycles. The van der Waals surface area contributed by atoms with E-state index in [1.807, 2.05) is 0 Å². The fraction of sp³-hybridized carbons (Fsp3) is 0.417. The summed E-state index contributed by atoms with van der Waals surface area (Å²) < 4.78 is 4.56. The molecule has 0 spiro atoms. The van der Waals surface area contributed by atoms with Crippen molar-refractivity contribution in [2.24, 2.45) is 0 Å². The summed E-state index contributed by atoms with van der Waals surface area (Å²) in [5, 5.41) is 15.5. The van der Waals surface area contributed by atoms with E-state index in [9.17, 15) is 14.4 Å². The maximum atomic E-state index is 11.7. The SMILES string of the molecule is CC[C@H](CO)NC(=O)C(=O)Nc1sccc1C(=O)OC. The van der Waals surface area contributed by atoms with E-state index in [0.29, 0.717) is 6.42 Å². The molecule has 1 heterocycles. The number of amides is 2. The highest BCUT2D eigenvalue weighted by atomic mass is 32.1. The minimum Gasteiger partial charge on any atom is -0.465 e. The number of hydrogen-bond acceptors (Lipinski definition) is 6. The van der Waals surface area contributed by atoms with Crippen LogP contribution in [-0.2, 0) is 14.3 Å². The van der Waals surface area contributed by atoms with E-state index >= 15 is 0 Å². The Bertz CT molecular complexity index is 496. The van der Waals surface area contributed by atoms with Crippen LogP contribution in [0.15, 0.2) is 11.4 Å². The van der Waals surface area contributed by atoms with Gasteiger partial charge in [-0.1, -0.05) is 6.92 Å². The fourth-order valence-electron chi connectivity index (χ4n) is 1.36. The zero-order chi connectivity index (χ0) is 15.1. The third-order valence-corrected chi connectivity index (χ3v) is 3.38. The number of methoxy groups -OCH3 is 1. The molecule has 3 N–H and O–H groups in total. The van der Waals surface area contributed by atoms with Crippen LogP contribution in [0, 0.1) is 0 Å². The summed E-state index contributed by atoms with van der Waals surface area (Å²) in [6.45, 7) is 1.52. The van der Waals surface area contributed by atoms with Crippen molar-refractivity contribution >= 4 is 34.1 Å². The van der Waals surface area contributed by atoms with Gasteiger partial charge in [0.05, 0.1) is 25.3 Å². The first kappa shape index (κ1) is 16.1. The summed E-state index contributed by atoms with van der Waals surface area (Å²) in [6.07, 6.45) is 0.502. The molecule has 0 fully saturated rings. The van der Waals surface area contributed by atoms with Gasteiger partial charge in [0.2, 0.25) is 0 Å². The first-order valence-corrected chi connectivity index (χ1v) is 6.79. The fourth-order valence-corrected chi connectivity index (χ4v) is 2.13. The summed E-state index contributed by atoms with van der Waals surface area (Å²) in [4.78, 5) is 34.7. The molecule has 0 saturated heterocycles. The lowest BCUT2D eigenvalue weighted by Gasteiger charge is -2.13. The maximum absolute atomic E-state index is 11.7. The standard InChI is InChI=1S/C12H16N2O5S/c1-3-7(6-15)13-9(16)10(17)14-11-8(4-5-20-11)12(18)19-2/h4-5,7,15H,3,6H2,1-2H3,(H,13,16)(H,14,17)/t7-/m1/s1. The highest BCUT2D eigenvalue weighted by molar-refractivity contribution is 7.14. The van der Waals surface area contributed by atoms with Gasteiger partial charge in [-0.2, -0.15) is 0 Å². The number of carbonyl (C=O) groups is 3. The topological polar surface area (TPSA) is 105 Å². The van der Waals surface area contributed by atoms with Gasteiger partial charge in [-0.3, -0.25) is 9.59 Å². The van der Waals surface area contributed by atoms with E-state index in [0.717, 1.165) is 11.3 Å². The summed E-state index contributed by atoms with van der Waals surface area (Å²) in [6, 6.07) is 1.02. The van der Waals surface area contributed by atoms with E-state index < -0.39 is 23.8 Å². The van der Waals surface area contributed by atoms with Gasteiger partial charge in [0.1, 0.15) is 5.00 Å². The second-order valence-corrected chi connectivity index (χ2v) is 4.79. The van der Waals surface area contributed by atoms with Crippen molar-refractivity contribution in [3.63, 3.8) is 0 Å². The molecule has 1 aromatic heterocycles. The van der Waals surface area contributed by atoms with Gasteiger partial charge in [0.15, 0.2) is 0 Å². The molecule has 7 nitrogen and oxygen atoms in total. The first-order chi connectivity index (χ1) is 9.53. The van der Waals surface area contributed by atoms with Crippen LogP contribution in [0.1, 0.15) is 23.7 Å². The van der Waals surface area contributed by atoms with Crippen LogP contribution in [0.5, 0.6) is 0 Å².